The zero-order valence-electron chi connectivity index (χ0n) is 23.0. The van der Waals surface area contributed by atoms with Crippen LogP contribution in [0.25, 0.3) is 0 Å². The van der Waals surface area contributed by atoms with E-state index in [1.165, 1.54) is 44.8 Å². The topological polar surface area (TPSA) is 119 Å². The van der Waals surface area contributed by atoms with Crippen molar-refractivity contribution < 1.29 is 22.8 Å². The molecule has 4 amide bonds. The molecule has 1 aromatic heterocycles. The summed E-state index contributed by atoms with van der Waals surface area (Å²) < 4.78 is 27.6. The van der Waals surface area contributed by atoms with Gasteiger partial charge in [-0.3, -0.25) is 19.8 Å². The van der Waals surface area contributed by atoms with E-state index >= 15 is 0 Å². The molecule has 3 heterocycles. The third-order valence-corrected chi connectivity index (χ3v) is 10.3. The summed E-state index contributed by atoms with van der Waals surface area (Å²) in [6, 6.07) is 5.34. The summed E-state index contributed by atoms with van der Waals surface area (Å²) in [7, 11) is -0.529. The molecular weight excluding hydrogens is 538 g/mol. The first-order valence-corrected chi connectivity index (χ1v) is 15.6. The van der Waals surface area contributed by atoms with Gasteiger partial charge in [-0.25, -0.2) is 13.2 Å². The first-order valence-electron chi connectivity index (χ1n) is 13.3. The van der Waals surface area contributed by atoms with Crippen LogP contribution in [0, 0.1) is 5.92 Å². The molecule has 212 valence electrons. The number of rotatable bonds is 7. The maximum atomic E-state index is 13.2. The Morgan fingerprint density at radius 2 is 1.72 bits per heavy atom. The molecule has 0 atom stereocenters. The molecule has 39 heavy (non-hydrogen) atoms. The van der Waals surface area contributed by atoms with Gasteiger partial charge in [0.15, 0.2) is 0 Å². The van der Waals surface area contributed by atoms with Gasteiger partial charge in [-0.1, -0.05) is 13.8 Å². The summed E-state index contributed by atoms with van der Waals surface area (Å²) in [5.41, 5.74) is 1.44. The number of amides is 4. The SMILES string of the molecule is CCCN1CCc2c(sc(NC(=O)c3ccc(S(=O)(=O)N4CCC(C)CC4)cc3)c2C(=O)NC(=O)N(C)C)C1. The van der Waals surface area contributed by atoms with Crippen molar-refractivity contribution in [1.82, 2.24) is 19.4 Å². The Balaban J connectivity index is 1.56. The van der Waals surface area contributed by atoms with Gasteiger partial charge in [-0.05, 0) is 68.0 Å². The second-order valence-electron chi connectivity index (χ2n) is 10.5. The Labute approximate surface area is 234 Å². The molecule has 0 spiro atoms. The molecule has 2 aliphatic heterocycles. The number of hydrogen-bond acceptors (Lipinski definition) is 7. The number of carbonyl (C=O) groups excluding carboxylic acids is 3. The average Bonchev–Trinajstić information content (AvgIpc) is 3.26. The summed E-state index contributed by atoms with van der Waals surface area (Å²) >= 11 is 1.34. The molecule has 0 saturated carbocycles. The van der Waals surface area contributed by atoms with E-state index in [-0.39, 0.29) is 10.5 Å². The average molecular weight is 576 g/mol. The van der Waals surface area contributed by atoms with Crippen LogP contribution < -0.4 is 10.6 Å². The van der Waals surface area contributed by atoms with Gasteiger partial charge in [0.1, 0.15) is 5.00 Å². The molecule has 12 heteroatoms. The lowest BCUT2D eigenvalue weighted by molar-refractivity contribution is 0.0956. The van der Waals surface area contributed by atoms with E-state index in [1.807, 2.05) is 0 Å². The van der Waals surface area contributed by atoms with Crippen LogP contribution in [-0.2, 0) is 23.0 Å². The van der Waals surface area contributed by atoms with Gasteiger partial charge in [-0.2, -0.15) is 4.31 Å². The summed E-state index contributed by atoms with van der Waals surface area (Å²) in [5.74, 6) is -0.501. The van der Waals surface area contributed by atoms with Crippen molar-refractivity contribution in [3.05, 3.63) is 45.8 Å². The number of urea groups is 1. The number of piperidine rings is 1. The lowest BCUT2D eigenvalue weighted by Crippen LogP contribution is -2.39. The van der Waals surface area contributed by atoms with Crippen molar-refractivity contribution in [1.29, 1.82) is 0 Å². The molecule has 0 bridgehead atoms. The normalized spacial score (nSPS) is 16.9. The van der Waals surface area contributed by atoms with Gasteiger partial charge in [0.05, 0.1) is 10.5 Å². The number of thiophene rings is 1. The van der Waals surface area contributed by atoms with E-state index in [2.05, 4.69) is 29.4 Å². The molecule has 1 fully saturated rings. The second kappa shape index (κ2) is 12.2. The van der Waals surface area contributed by atoms with Crippen molar-refractivity contribution in [3.8, 4) is 0 Å². The Kier molecular flexibility index (Phi) is 9.10. The predicted molar refractivity (Wildman–Crippen MR) is 152 cm³/mol. The number of carbonyl (C=O) groups is 3. The third-order valence-electron chi connectivity index (χ3n) is 7.25. The number of imide groups is 1. The van der Waals surface area contributed by atoms with Crippen LogP contribution in [-0.4, -0.2) is 80.6 Å². The molecule has 1 saturated heterocycles. The smallest absolute Gasteiger partial charge is 0.323 e. The minimum atomic E-state index is -3.63. The fraction of sp³-hybridized carbons (Fsp3) is 0.519. The third kappa shape index (κ3) is 6.51. The Morgan fingerprint density at radius 1 is 1.05 bits per heavy atom. The van der Waals surface area contributed by atoms with Crippen molar-refractivity contribution in [2.24, 2.45) is 5.92 Å². The number of nitrogens with zero attached hydrogens (tertiary/aromatic N) is 3. The number of fused-ring (bicyclic) bond motifs is 1. The summed E-state index contributed by atoms with van der Waals surface area (Å²) in [5, 5.41) is 5.64. The van der Waals surface area contributed by atoms with E-state index < -0.39 is 27.9 Å². The Bertz CT molecular complexity index is 1330. The molecule has 0 aliphatic carbocycles. The molecule has 2 aromatic rings. The van der Waals surface area contributed by atoms with Crippen molar-refractivity contribution in [3.63, 3.8) is 0 Å². The molecule has 10 nitrogen and oxygen atoms in total. The molecule has 2 N–H and O–H groups in total. The minimum absolute atomic E-state index is 0.151. The number of hydrogen-bond donors (Lipinski definition) is 2. The highest BCUT2D eigenvalue weighted by Gasteiger charge is 2.31. The van der Waals surface area contributed by atoms with Crippen molar-refractivity contribution in [2.45, 2.75) is 51.0 Å². The maximum Gasteiger partial charge on any atom is 0.323 e. The molecule has 0 radical (unpaired) electrons. The van der Waals surface area contributed by atoms with E-state index in [0.717, 1.165) is 42.8 Å². The van der Waals surface area contributed by atoms with Crippen LogP contribution in [0.2, 0.25) is 0 Å². The molecule has 1 aromatic carbocycles. The van der Waals surface area contributed by atoms with Gasteiger partial charge in [0.25, 0.3) is 11.8 Å². The monoisotopic (exact) mass is 575 g/mol. The van der Waals surface area contributed by atoms with Crippen LogP contribution in [0.5, 0.6) is 0 Å². The van der Waals surface area contributed by atoms with Gasteiger partial charge >= 0.3 is 6.03 Å². The number of anilines is 1. The zero-order chi connectivity index (χ0) is 28.3. The molecule has 0 unspecified atom stereocenters. The number of nitrogens with one attached hydrogen (secondary N) is 2. The standard InChI is InChI=1S/C27H37N5O5S2/c1-5-13-31-14-12-21-22(17-31)38-26(23(21)25(34)29-27(35)30(3)4)28-24(33)19-6-8-20(9-7-19)39(36,37)32-15-10-18(2)11-16-32/h6-9,18H,5,10-17H2,1-4H3,(H,28,33)(H,29,34,35). The summed E-state index contributed by atoms with van der Waals surface area (Å²) in [6.07, 6.45) is 3.31. The number of benzene rings is 1. The van der Waals surface area contributed by atoms with E-state index in [9.17, 15) is 22.8 Å². The van der Waals surface area contributed by atoms with E-state index in [1.54, 1.807) is 14.1 Å². The van der Waals surface area contributed by atoms with Crippen LogP contribution in [0.1, 0.15) is 64.3 Å². The highest BCUT2D eigenvalue weighted by molar-refractivity contribution is 7.89. The highest BCUT2D eigenvalue weighted by atomic mass is 32.2. The van der Waals surface area contributed by atoms with Crippen molar-refractivity contribution >= 4 is 44.2 Å². The molecular formula is C27H37N5O5S2. The van der Waals surface area contributed by atoms with Gasteiger partial charge in [-0.15, -0.1) is 11.3 Å². The highest BCUT2D eigenvalue weighted by Crippen LogP contribution is 2.37. The second-order valence-corrected chi connectivity index (χ2v) is 13.5. The first-order chi connectivity index (χ1) is 18.5. The Morgan fingerprint density at radius 3 is 2.33 bits per heavy atom. The van der Waals surface area contributed by atoms with Crippen LogP contribution in [0.4, 0.5) is 9.80 Å². The van der Waals surface area contributed by atoms with Gasteiger partial charge < -0.3 is 10.2 Å². The van der Waals surface area contributed by atoms with Gasteiger partial charge in [0, 0.05) is 50.7 Å². The number of sulfonamides is 1. The zero-order valence-corrected chi connectivity index (χ0v) is 24.6. The summed E-state index contributed by atoms with van der Waals surface area (Å²) in [4.78, 5) is 43.3. The van der Waals surface area contributed by atoms with Crippen molar-refractivity contribution in [2.75, 3.05) is 45.6 Å². The maximum absolute atomic E-state index is 13.2. The van der Waals surface area contributed by atoms with E-state index in [0.29, 0.717) is 42.5 Å². The molecule has 4 rings (SSSR count). The minimum Gasteiger partial charge on any atom is -0.331 e. The van der Waals surface area contributed by atoms with Gasteiger partial charge in [0.2, 0.25) is 10.0 Å². The molecule has 2 aliphatic rings. The lowest BCUT2D eigenvalue weighted by atomic mass is 10.0. The van der Waals surface area contributed by atoms with Crippen LogP contribution in [0.15, 0.2) is 29.2 Å². The van der Waals surface area contributed by atoms with Crippen LogP contribution in [0.3, 0.4) is 0 Å². The lowest BCUT2D eigenvalue weighted by Gasteiger charge is -2.29. The summed E-state index contributed by atoms with van der Waals surface area (Å²) in [6.45, 7) is 7.62. The van der Waals surface area contributed by atoms with E-state index in [4.69, 9.17) is 0 Å². The first kappa shape index (κ1) is 29.2. The fourth-order valence-corrected chi connectivity index (χ4v) is 7.64. The predicted octanol–water partition coefficient (Wildman–Crippen LogP) is 3.60. The Hall–Kier alpha value is -2.80. The fourth-order valence-electron chi connectivity index (χ4n) is 4.89. The largest absolute Gasteiger partial charge is 0.331 e. The van der Waals surface area contributed by atoms with Crippen LogP contribution >= 0.6 is 11.3 Å². The quantitative estimate of drug-likeness (QED) is 0.521.